The zero-order valence-electron chi connectivity index (χ0n) is 12.0. The molecule has 1 aromatic carbocycles. The van der Waals surface area contributed by atoms with Gasteiger partial charge in [0.2, 0.25) is 0 Å². The zero-order valence-corrected chi connectivity index (χ0v) is 12.0. The van der Waals surface area contributed by atoms with Gasteiger partial charge in [0, 0.05) is 6.54 Å². The molecule has 5 heteroatoms. The summed E-state index contributed by atoms with van der Waals surface area (Å²) in [4.78, 5) is 22.7. The van der Waals surface area contributed by atoms with Gasteiger partial charge in [-0.25, -0.2) is 5.43 Å². The van der Waals surface area contributed by atoms with Crippen molar-refractivity contribution >= 4 is 18.0 Å². The smallest absolute Gasteiger partial charge is 0.329 e. The molecule has 0 aliphatic carbocycles. The predicted octanol–water partition coefficient (Wildman–Crippen LogP) is 1.62. The highest BCUT2D eigenvalue weighted by Gasteiger charge is 2.10. The van der Waals surface area contributed by atoms with Crippen LogP contribution in [0.1, 0.15) is 37.8 Å². The standard InChI is InChI=1S/C15H21N3O2/c1-3-5-10-16-14(19)15(20)18-17-11-13-8-6-12(4-2)7-9-13/h6-9,11H,3-5,10H2,1-2H3,(H,16,19)(H,18,20)/b17-11-. The lowest BCUT2D eigenvalue weighted by Gasteiger charge is -2.02. The average Bonchev–Trinajstić information content (AvgIpc) is 2.48. The van der Waals surface area contributed by atoms with E-state index in [-0.39, 0.29) is 0 Å². The number of hydrogen-bond donors (Lipinski definition) is 2. The van der Waals surface area contributed by atoms with Crippen LogP contribution in [0.3, 0.4) is 0 Å². The number of hydrazone groups is 1. The van der Waals surface area contributed by atoms with E-state index in [1.807, 2.05) is 31.2 Å². The maximum Gasteiger partial charge on any atom is 0.329 e. The molecule has 0 bridgehead atoms. The Balaban J connectivity index is 2.39. The van der Waals surface area contributed by atoms with Gasteiger partial charge in [0.15, 0.2) is 0 Å². The third-order valence-corrected chi connectivity index (χ3v) is 2.79. The van der Waals surface area contributed by atoms with Crippen LogP contribution in [0.25, 0.3) is 0 Å². The molecule has 0 aliphatic heterocycles. The van der Waals surface area contributed by atoms with Gasteiger partial charge in [-0.15, -0.1) is 0 Å². The molecule has 0 fully saturated rings. The molecule has 1 rings (SSSR count). The number of nitrogens with zero attached hydrogens (tertiary/aromatic N) is 1. The summed E-state index contributed by atoms with van der Waals surface area (Å²) in [5.74, 6) is -1.40. The number of nitrogens with one attached hydrogen (secondary N) is 2. The van der Waals surface area contributed by atoms with Crippen molar-refractivity contribution in [1.29, 1.82) is 0 Å². The molecule has 0 aliphatic rings. The number of amides is 2. The van der Waals surface area contributed by atoms with Gasteiger partial charge in [-0.1, -0.05) is 44.5 Å². The van der Waals surface area contributed by atoms with Gasteiger partial charge in [0.05, 0.1) is 6.21 Å². The first-order valence-electron chi connectivity index (χ1n) is 6.87. The quantitative estimate of drug-likeness (QED) is 0.358. The number of benzene rings is 1. The lowest BCUT2D eigenvalue weighted by molar-refractivity contribution is -0.139. The van der Waals surface area contributed by atoms with Crippen LogP contribution in [0.5, 0.6) is 0 Å². The van der Waals surface area contributed by atoms with E-state index in [2.05, 4.69) is 22.8 Å². The molecule has 0 atom stereocenters. The van der Waals surface area contributed by atoms with Crippen LogP contribution in [-0.4, -0.2) is 24.6 Å². The third kappa shape index (κ3) is 5.65. The van der Waals surface area contributed by atoms with Crippen LogP contribution in [0.15, 0.2) is 29.4 Å². The van der Waals surface area contributed by atoms with E-state index in [0.29, 0.717) is 6.54 Å². The van der Waals surface area contributed by atoms with Crippen molar-refractivity contribution in [3.8, 4) is 0 Å². The monoisotopic (exact) mass is 275 g/mol. The normalized spacial score (nSPS) is 10.5. The van der Waals surface area contributed by atoms with Crippen molar-refractivity contribution in [3.63, 3.8) is 0 Å². The Kier molecular flexibility index (Phi) is 7.03. The van der Waals surface area contributed by atoms with Crippen molar-refractivity contribution in [2.75, 3.05) is 6.54 Å². The maximum atomic E-state index is 11.4. The first-order chi connectivity index (χ1) is 9.67. The minimum absolute atomic E-state index is 0.505. The number of carbonyl (C=O) groups excluding carboxylic acids is 2. The summed E-state index contributed by atoms with van der Waals surface area (Å²) < 4.78 is 0. The van der Waals surface area contributed by atoms with Gasteiger partial charge in [0.25, 0.3) is 0 Å². The Bertz CT molecular complexity index is 467. The third-order valence-electron chi connectivity index (χ3n) is 2.79. The van der Waals surface area contributed by atoms with Gasteiger partial charge in [-0.2, -0.15) is 5.10 Å². The van der Waals surface area contributed by atoms with Crippen LogP contribution in [0.2, 0.25) is 0 Å². The summed E-state index contributed by atoms with van der Waals surface area (Å²) >= 11 is 0. The lowest BCUT2D eigenvalue weighted by Crippen LogP contribution is -2.38. The van der Waals surface area contributed by atoms with E-state index in [0.717, 1.165) is 24.8 Å². The molecule has 0 aromatic heterocycles. The summed E-state index contributed by atoms with van der Waals surface area (Å²) in [6.45, 7) is 4.60. The summed E-state index contributed by atoms with van der Waals surface area (Å²) in [5.41, 5.74) is 4.31. The van der Waals surface area contributed by atoms with E-state index < -0.39 is 11.8 Å². The van der Waals surface area contributed by atoms with Gasteiger partial charge >= 0.3 is 11.8 Å². The van der Waals surface area contributed by atoms with Gasteiger partial charge in [0.1, 0.15) is 0 Å². The van der Waals surface area contributed by atoms with E-state index in [9.17, 15) is 9.59 Å². The van der Waals surface area contributed by atoms with E-state index in [4.69, 9.17) is 0 Å². The Hall–Kier alpha value is -2.17. The van der Waals surface area contributed by atoms with Gasteiger partial charge in [-0.3, -0.25) is 9.59 Å². The average molecular weight is 275 g/mol. The summed E-state index contributed by atoms with van der Waals surface area (Å²) in [5, 5.41) is 6.28. The second-order valence-corrected chi connectivity index (χ2v) is 4.40. The van der Waals surface area contributed by atoms with Crippen molar-refractivity contribution in [3.05, 3.63) is 35.4 Å². The first-order valence-corrected chi connectivity index (χ1v) is 6.87. The second kappa shape index (κ2) is 8.85. The molecule has 0 saturated carbocycles. The van der Waals surface area contributed by atoms with Crippen LogP contribution in [-0.2, 0) is 16.0 Å². The molecule has 2 N–H and O–H groups in total. The number of carbonyl (C=O) groups is 2. The maximum absolute atomic E-state index is 11.4. The highest BCUT2D eigenvalue weighted by Crippen LogP contribution is 2.02. The fourth-order valence-corrected chi connectivity index (χ4v) is 1.51. The van der Waals surface area contributed by atoms with Crippen LogP contribution in [0, 0.1) is 0 Å². The molecule has 1 aromatic rings. The minimum atomic E-state index is -0.748. The fraction of sp³-hybridized carbons (Fsp3) is 0.400. The number of hydrogen-bond acceptors (Lipinski definition) is 3. The Labute approximate surface area is 119 Å². The molecule has 20 heavy (non-hydrogen) atoms. The molecule has 5 nitrogen and oxygen atoms in total. The summed E-state index contributed by atoms with van der Waals surface area (Å²) in [7, 11) is 0. The van der Waals surface area contributed by atoms with E-state index in [1.54, 1.807) is 0 Å². The van der Waals surface area contributed by atoms with Crippen molar-refractivity contribution in [2.45, 2.75) is 33.1 Å². The predicted molar refractivity (Wildman–Crippen MR) is 79.5 cm³/mol. The fourth-order valence-electron chi connectivity index (χ4n) is 1.51. The molecule has 2 amide bonds. The second-order valence-electron chi connectivity index (χ2n) is 4.40. The molecule has 108 valence electrons. The molecular weight excluding hydrogens is 254 g/mol. The first kappa shape index (κ1) is 15.9. The number of rotatable bonds is 6. The highest BCUT2D eigenvalue weighted by molar-refractivity contribution is 6.35. The minimum Gasteiger partial charge on any atom is -0.348 e. The SMILES string of the molecule is CCCCNC(=O)C(=O)N/N=C\c1ccc(CC)cc1. The van der Waals surface area contributed by atoms with E-state index in [1.165, 1.54) is 11.8 Å². The molecular formula is C15H21N3O2. The molecule has 0 saturated heterocycles. The Morgan fingerprint density at radius 3 is 2.45 bits per heavy atom. The van der Waals surface area contributed by atoms with Crippen LogP contribution >= 0.6 is 0 Å². The topological polar surface area (TPSA) is 70.6 Å². The van der Waals surface area contributed by atoms with Crippen molar-refractivity contribution in [2.24, 2.45) is 5.10 Å². The van der Waals surface area contributed by atoms with Crippen LogP contribution < -0.4 is 10.7 Å². The number of aryl methyl sites for hydroxylation is 1. The highest BCUT2D eigenvalue weighted by atomic mass is 16.2. The van der Waals surface area contributed by atoms with Gasteiger partial charge in [-0.05, 0) is 24.0 Å². The van der Waals surface area contributed by atoms with Crippen LogP contribution in [0.4, 0.5) is 0 Å². The summed E-state index contributed by atoms with van der Waals surface area (Å²) in [6, 6.07) is 7.83. The number of unbranched alkanes of at least 4 members (excludes halogenated alkanes) is 1. The van der Waals surface area contributed by atoms with E-state index >= 15 is 0 Å². The van der Waals surface area contributed by atoms with Gasteiger partial charge < -0.3 is 5.32 Å². The molecule has 0 spiro atoms. The Morgan fingerprint density at radius 1 is 1.15 bits per heavy atom. The Morgan fingerprint density at radius 2 is 1.85 bits per heavy atom. The van der Waals surface area contributed by atoms with Crippen molar-refractivity contribution < 1.29 is 9.59 Å². The lowest BCUT2D eigenvalue weighted by atomic mass is 10.1. The van der Waals surface area contributed by atoms with Crippen molar-refractivity contribution in [1.82, 2.24) is 10.7 Å². The zero-order chi connectivity index (χ0) is 14.8. The summed E-state index contributed by atoms with van der Waals surface area (Å²) in [6.07, 6.45) is 4.31. The molecule has 0 heterocycles. The largest absolute Gasteiger partial charge is 0.348 e. The molecule has 0 unspecified atom stereocenters. The molecule has 0 radical (unpaired) electrons.